The number of methoxy groups -OCH3 is 1. The number of anilines is 1. The number of sulfonamides is 1. The highest BCUT2D eigenvalue weighted by Crippen LogP contribution is 2.26. The Hall–Kier alpha value is -4.15. The molecule has 0 fully saturated rings. The van der Waals surface area contributed by atoms with Crippen molar-refractivity contribution in [1.29, 1.82) is 0 Å². The first kappa shape index (κ1) is 31.8. The summed E-state index contributed by atoms with van der Waals surface area (Å²) in [5.74, 6) is -0.329. The summed E-state index contributed by atoms with van der Waals surface area (Å²) in [5.41, 5.74) is 1.99. The maximum absolute atomic E-state index is 14.3. The molecular formula is C33H34BrN3O5S. The standard InChI is InChI=1S/C33H34BrN3O5S/c1-3-35-33(39)31(22-25-10-6-4-7-11-25)36(23-26-14-16-27(34)17-15-26)32(38)24-37(28-12-8-5-9-13-28)43(40,41)30-20-18-29(42-2)19-21-30/h4-21,31H,3,22-24H2,1-2H3,(H,35,39)/t31-/m1/s1. The van der Waals surface area contributed by atoms with Crippen molar-refractivity contribution in [1.82, 2.24) is 10.2 Å². The highest BCUT2D eigenvalue weighted by molar-refractivity contribution is 9.10. The summed E-state index contributed by atoms with van der Waals surface area (Å²) in [5, 5.41) is 2.86. The van der Waals surface area contributed by atoms with E-state index in [9.17, 15) is 18.0 Å². The van der Waals surface area contributed by atoms with Crippen molar-refractivity contribution in [2.24, 2.45) is 0 Å². The molecule has 0 aromatic heterocycles. The molecule has 1 N–H and O–H groups in total. The van der Waals surface area contributed by atoms with Crippen LogP contribution in [0.3, 0.4) is 0 Å². The number of rotatable bonds is 13. The lowest BCUT2D eigenvalue weighted by molar-refractivity contribution is -0.140. The van der Waals surface area contributed by atoms with E-state index in [4.69, 9.17) is 4.74 Å². The van der Waals surface area contributed by atoms with Crippen LogP contribution in [0.2, 0.25) is 0 Å². The number of likely N-dealkylation sites (N-methyl/N-ethyl adjacent to an activating group) is 1. The maximum Gasteiger partial charge on any atom is 0.264 e. The molecule has 0 heterocycles. The fraction of sp³-hybridized carbons (Fsp3) is 0.212. The number of hydrogen-bond acceptors (Lipinski definition) is 5. The predicted octanol–water partition coefficient (Wildman–Crippen LogP) is 5.43. The second-order valence-corrected chi connectivity index (χ2v) is 12.5. The number of para-hydroxylation sites is 1. The van der Waals surface area contributed by atoms with Crippen LogP contribution in [0.15, 0.2) is 119 Å². The normalized spacial score (nSPS) is 11.8. The molecule has 0 aliphatic rings. The number of halogens is 1. The summed E-state index contributed by atoms with van der Waals surface area (Å²) >= 11 is 3.44. The van der Waals surface area contributed by atoms with Gasteiger partial charge in [0.25, 0.3) is 10.0 Å². The van der Waals surface area contributed by atoms with Gasteiger partial charge in [0.1, 0.15) is 18.3 Å². The fourth-order valence-electron chi connectivity index (χ4n) is 4.63. The lowest BCUT2D eigenvalue weighted by Gasteiger charge is -2.33. The molecule has 4 aromatic carbocycles. The van der Waals surface area contributed by atoms with Gasteiger partial charge < -0.3 is 15.0 Å². The summed E-state index contributed by atoms with van der Waals surface area (Å²) < 4.78 is 35.2. The molecule has 0 radical (unpaired) electrons. The number of carbonyl (C=O) groups is 2. The van der Waals surface area contributed by atoms with Gasteiger partial charge in [-0.3, -0.25) is 13.9 Å². The molecule has 0 aliphatic carbocycles. The molecule has 4 rings (SSSR count). The van der Waals surface area contributed by atoms with E-state index in [1.54, 1.807) is 42.5 Å². The van der Waals surface area contributed by atoms with Crippen molar-refractivity contribution in [2.75, 3.05) is 24.5 Å². The molecule has 0 spiro atoms. The third-order valence-electron chi connectivity index (χ3n) is 6.86. The van der Waals surface area contributed by atoms with Gasteiger partial charge in [-0.05, 0) is 66.6 Å². The molecular weight excluding hydrogens is 630 g/mol. The van der Waals surface area contributed by atoms with Gasteiger partial charge >= 0.3 is 0 Å². The summed E-state index contributed by atoms with van der Waals surface area (Å²) in [6.45, 7) is 1.79. The molecule has 8 nitrogen and oxygen atoms in total. The summed E-state index contributed by atoms with van der Waals surface area (Å²) in [6, 6.07) is 30.5. The largest absolute Gasteiger partial charge is 0.497 e. The highest BCUT2D eigenvalue weighted by atomic mass is 79.9. The second kappa shape index (κ2) is 14.8. The van der Waals surface area contributed by atoms with Gasteiger partial charge in [0.15, 0.2) is 0 Å². The van der Waals surface area contributed by atoms with E-state index in [-0.39, 0.29) is 23.8 Å². The average molecular weight is 665 g/mol. The number of ether oxygens (including phenoxy) is 1. The Morgan fingerprint density at radius 2 is 1.44 bits per heavy atom. The minimum atomic E-state index is -4.18. The van der Waals surface area contributed by atoms with Gasteiger partial charge in [0.2, 0.25) is 11.8 Å². The number of amides is 2. The van der Waals surface area contributed by atoms with Crippen molar-refractivity contribution < 1.29 is 22.7 Å². The van der Waals surface area contributed by atoms with E-state index in [2.05, 4.69) is 21.2 Å². The Labute approximate surface area is 261 Å². The summed E-state index contributed by atoms with van der Waals surface area (Å²) in [7, 11) is -2.68. The molecule has 0 saturated heterocycles. The van der Waals surface area contributed by atoms with E-state index in [0.717, 1.165) is 19.9 Å². The van der Waals surface area contributed by atoms with Crippen molar-refractivity contribution in [2.45, 2.75) is 30.8 Å². The average Bonchev–Trinajstić information content (AvgIpc) is 3.03. The quantitative estimate of drug-likeness (QED) is 0.206. The topological polar surface area (TPSA) is 96.0 Å². The third-order valence-corrected chi connectivity index (χ3v) is 9.18. The second-order valence-electron chi connectivity index (χ2n) is 9.77. The van der Waals surface area contributed by atoms with E-state index in [0.29, 0.717) is 18.0 Å². The highest BCUT2D eigenvalue weighted by Gasteiger charge is 2.34. The number of nitrogens with one attached hydrogen (secondary N) is 1. The first-order valence-electron chi connectivity index (χ1n) is 13.8. The summed E-state index contributed by atoms with van der Waals surface area (Å²) in [6.07, 6.45) is 0.255. The Bertz CT molecular complexity index is 1600. The van der Waals surface area contributed by atoms with Gasteiger partial charge in [0, 0.05) is 24.0 Å². The van der Waals surface area contributed by atoms with Crippen LogP contribution in [0, 0.1) is 0 Å². The van der Waals surface area contributed by atoms with Gasteiger partial charge in [-0.2, -0.15) is 0 Å². The molecule has 224 valence electrons. The Kier molecular flexibility index (Phi) is 11.0. The van der Waals surface area contributed by atoms with Crippen LogP contribution in [-0.4, -0.2) is 51.4 Å². The van der Waals surface area contributed by atoms with Crippen LogP contribution in [-0.2, 0) is 32.6 Å². The smallest absolute Gasteiger partial charge is 0.264 e. The van der Waals surface area contributed by atoms with Crippen molar-refractivity contribution >= 4 is 43.5 Å². The molecule has 4 aromatic rings. The molecule has 1 atom stereocenters. The van der Waals surface area contributed by atoms with Gasteiger partial charge in [-0.15, -0.1) is 0 Å². The van der Waals surface area contributed by atoms with Crippen LogP contribution in [0.1, 0.15) is 18.1 Å². The zero-order valence-electron chi connectivity index (χ0n) is 24.0. The molecule has 0 aliphatic heterocycles. The van der Waals surface area contributed by atoms with Crippen molar-refractivity contribution in [3.8, 4) is 5.75 Å². The minimum absolute atomic E-state index is 0.00831. The molecule has 0 bridgehead atoms. The third kappa shape index (κ3) is 8.24. The van der Waals surface area contributed by atoms with E-state index < -0.39 is 28.5 Å². The van der Waals surface area contributed by atoms with Crippen LogP contribution >= 0.6 is 15.9 Å². The van der Waals surface area contributed by atoms with E-state index in [1.165, 1.54) is 24.1 Å². The van der Waals surface area contributed by atoms with Crippen LogP contribution in [0.25, 0.3) is 0 Å². The van der Waals surface area contributed by atoms with Gasteiger partial charge in [-0.1, -0.05) is 76.6 Å². The van der Waals surface area contributed by atoms with Gasteiger partial charge in [0.05, 0.1) is 17.7 Å². The van der Waals surface area contributed by atoms with E-state index >= 15 is 0 Å². The number of nitrogens with zero attached hydrogens (tertiary/aromatic N) is 2. The van der Waals surface area contributed by atoms with Crippen molar-refractivity contribution in [3.05, 3.63) is 125 Å². The minimum Gasteiger partial charge on any atom is -0.497 e. The SMILES string of the molecule is CCNC(=O)[C@@H](Cc1ccccc1)N(Cc1ccc(Br)cc1)C(=O)CN(c1ccccc1)S(=O)(=O)c1ccc(OC)cc1. The van der Waals surface area contributed by atoms with Gasteiger partial charge in [-0.25, -0.2) is 8.42 Å². The van der Waals surface area contributed by atoms with Crippen LogP contribution in [0.5, 0.6) is 5.75 Å². The predicted molar refractivity (Wildman–Crippen MR) is 171 cm³/mol. The first-order chi connectivity index (χ1) is 20.7. The lowest BCUT2D eigenvalue weighted by atomic mass is 10.0. The zero-order valence-corrected chi connectivity index (χ0v) is 26.4. The molecule has 0 saturated carbocycles. The Morgan fingerprint density at radius 1 is 0.837 bits per heavy atom. The van der Waals surface area contributed by atoms with Crippen molar-refractivity contribution in [3.63, 3.8) is 0 Å². The first-order valence-corrected chi connectivity index (χ1v) is 16.0. The Morgan fingerprint density at radius 3 is 2.02 bits per heavy atom. The fourth-order valence-corrected chi connectivity index (χ4v) is 6.31. The lowest BCUT2D eigenvalue weighted by Crippen LogP contribution is -2.53. The number of benzene rings is 4. The van der Waals surface area contributed by atoms with Crippen LogP contribution in [0.4, 0.5) is 5.69 Å². The molecule has 10 heteroatoms. The molecule has 43 heavy (non-hydrogen) atoms. The molecule has 2 amide bonds. The Balaban J connectivity index is 1.77. The van der Waals surface area contributed by atoms with E-state index in [1.807, 2.05) is 61.5 Å². The molecule has 0 unspecified atom stereocenters. The zero-order chi connectivity index (χ0) is 30.8. The number of hydrogen-bond donors (Lipinski definition) is 1. The van der Waals surface area contributed by atoms with Crippen LogP contribution < -0.4 is 14.4 Å². The maximum atomic E-state index is 14.3. The number of carbonyl (C=O) groups excluding carboxylic acids is 2. The summed E-state index contributed by atoms with van der Waals surface area (Å²) in [4.78, 5) is 29.3. The monoisotopic (exact) mass is 663 g/mol.